The number of likely N-dealkylation sites (N-methyl/N-ethyl adjacent to an activating group) is 2. The average molecular weight is 244 g/mol. The van der Waals surface area contributed by atoms with Crippen molar-refractivity contribution >= 4 is 5.69 Å². The van der Waals surface area contributed by atoms with Crippen LogP contribution in [0.5, 0.6) is 0 Å². The minimum absolute atomic E-state index is 0.488. The van der Waals surface area contributed by atoms with Gasteiger partial charge in [-0.2, -0.15) is 5.26 Å². The van der Waals surface area contributed by atoms with E-state index in [0.717, 1.165) is 31.7 Å². The molecular formula is C14H20N4. The lowest BCUT2D eigenvalue weighted by molar-refractivity contribution is 0.265. The monoisotopic (exact) mass is 244 g/mol. The van der Waals surface area contributed by atoms with E-state index in [4.69, 9.17) is 5.26 Å². The molecule has 2 rings (SSSR count). The van der Waals surface area contributed by atoms with Gasteiger partial charge in [0.25, 0.3) is 0 Å². The van der Waals surface area contributed by atoms with Crippen LogP contribution < -0.4 is 10.2 Å². The number of hydrogen-bond acceptors (Lipinski definition) is 4. The van der Waals surface area contributed by atoms with Gasteiger partial charge in [0.2, 0.25) is 0 Å². The molecule has 18 heavy (non-hydrogen) atoms. The molecule has 4 heteroatoms. The van der Waals surface area contributed by atoms with E-state index < -0.39 is 0 Å². The fourth-order valence-corrected chi connectivity index (χ4v) is 2.49. The van der Waals surface area contributed by atoms with Crippen LogP contribution in [0.2, 0.25) is 0 Å². The lowest BCUT2D eigenvalue weighted by Crippen LogP contribution is -2.55. The van der Waals surface area contributed by atoms with Gasteiger partial charge in [0, 0.05) is 31.9 Å². The quantitative estimate of drug-likeness (QED) is 0.858. The van der Waals surface area contributed by atoms with Crippen molar-refractivity contribution in [2.45, 2.75) is 6.04 Å². The van der Waals surface area contributed by atoms with Crippen LogP contribution in [0.25, 0.3) is 0 Å². The first-order valence-electron chi connectivity index (χ1n) is 6.34. The highest BCUT2D eigenvalue weighted by atomic mass is 15.3. The maximum absolute atomic E-state index is 8.83. The van der Waals surface area contributed by atoms with Crippen LogP contribution in [0.3, 0.4) is 0 Å². The molecule has 1 saturated heterocycles. The van der Waals surface area contributed by atoms with Gasteiger partial charge in [-0.05, 0) is 38.4 Å². The van der Waals surface area contributed by atoms with E-state index in [0.29, 0.717) is 6.04 Å². The molecule has 1 atom stereocenters. The molecule has 1 unspecified atom stereocenters. The Morgan fingerprint density at radius 2 is 2.06 bits per heavy atom. The lowest BCUT2D eigenvalue weighted by atomic mass is 10.1. The van der Waals surface area contributed by atoms with Gasteiger partial charge in [-0.25, -0.2) is 0 Å². The van der Waals surface area contributed by atoms with Crippen molar-refractivity contribution in [1.82, 2.24) is 10.2 Å². The number of nitrogens with zero attached hydrogens (tertiary/aromatic N) is 3. The van der Waals surface area contributed by atoms with Crippen LogP contribution in [0.15, 0.2) is 24.3 Å². The summed E-state index contributed by atoms with van der Waals surface area (Å²) in [5.74, 6) is 0. The molecule has 0 aliphatic carbocycles. The molecule has 0 spiro atoms. The van der Waals surface area contributed by atoms with Gasteiger partial charge >= 0.3 is 0 Å². The van der Waals surface area contributed by atoms with E-state index >= 15 is 0 Å². The summed E-state index contributed by atoms with van der Waals surface area (Å²) in [6.07, 6.45) is 0. The SMILES string of the molecule is CNCC1CN(C)CCN1c1ccc(C#N)cc1. The minimum Gasteiger partial charge on any atom is -0.365 e. The van der Waals surface area contributed by atoms with Crippen molar-refractivity contribution in [3.8, 4) is 6.07 Å². The van der Waals surface area contributed by atoms with Crippen LogP contribution in [0, 0.1) is 11.3 Å². The predicted molar refractivity (Wildman–Crippen MR) is 73.7 cm³/mol. The Bertz CT molecular complexity index is 420. The Hall–Kier alpha value is -1.57. The first-order chi connectivity index (χ1) is 8.74. The van der Waals surface area contributed by atoms with Crippen molar-refractivity contribution in [2.75, 3.05) is 45.2 Å². The maximum atomic E-state index is 8.83. The normalized spacial score (nSPS) is 20.7. The summed E-state index contributed by atoms with van der Waals surface area (Å²) in [5, 5.41) is 12.1. The largest absolute Gasteiger partial charge is 0.365 e. The number of piperazine rings is 1. The molecule has 4 nitrogen and oxygen atoms in total. The second-order valence-electron chi connectivity index (χ2n) is 4.83. The van der Waals surface area contributed by atoms with Crippen molar-refractivity contribution in [1.29, 1.82) is 5.26 Å². The zero-order chi connectivity index (χ0) is 13.0. The number of anilines is 1. The first kappa shape index (κ1) is 12.9. The van der Waals surface area contributed by atoms with Gasteiger partial charge in [0.15, 0.2) is 0 Å². The molecule has 1 aromatic rings. The number of nitriles is 1. The summed E-state index contributed by atoms with van der Waals surface area (Å²) < 4.78 is 0. The molecule has 0 bridgehead atoms. The van der Waals surface area contributed by atoms with E-state index in [2.05, 4.69) is 28.2 Å². The molecule has 0 radical (unpaired) electrons. The fourth-order valence-electron chi connectivity index (χ4n) is 2.49. The van der Waals surface area contributed by atoms with Crippen molar-refractivity contribution < 1.29 is 0 Å². The van der Waals surface area contributed by atoms with Crippen LogP contribution in [0.4, 0.5) is 5.69 Å². The molecule has 1 aliphatic rings. The molecule has 1 aromatic carbocycles. The molecule has 96 valence electrons. The highest BCUT2D eigenvalue weighted by molar-refractivity contribution is 5.51. The Balaban J connectivity index is 2.15. The number of nitrogens with one attached hydrogen (secondary N) is 1. The standard InChI is InChI=1S/C14H20N4/c1-16-10-14-11-17(2)7-8-18(14)13-5-3-12(9-15)4-6-13/h3-6,14,16H,7-8,10-11H2,1-2H3. The average Bonchev–Trinajstić information content (AvgIpc) is 2.40. The summed E-state index contributed by atoms with van der Waals surface area (Å²) in [5.41, 5.74) is 1.93. The van der Waals surface area contributed by atoms with E-state index in [9.17, 15) is 0 Å². The van der Waals surface area contributed by atoms with Gasteiger partial charge < -0.3 is 15.1 Å². The van der Waals surface area contributed by atoms with Gasteiger partial charge in [0.1, 0.15) is 0 Å². The second-order valence-corrected chi connectivity index (χ2v) is 4.83. The summed E-state index contributed by atoms with van der Waals surface area (Å²) in [7, 11) is 4.16. The van der Waals surface area contributed by atoms with E-state index in [1.165, 1.54) is 5.69 Å². The lowest BCUT2D eigenvalue weighted by Gasteiger charge is -2.41. The summed E-state index contributed by atoms with van der Waals surface area (Å²) in [6, 6.07) is 10.5. The fraction of sp³-hybridized carbons (Fsp3) is 0.500. The molecule has 0 aromatic heterocycles. The molecule has 1 heterocycles. The third-order valence-corrected chi connectivity index (χ3v) is 3.45. The second kappa shape index (κ2) is 5.85. The molecule has 1 aliphatic heterocycles. The Labute approximate surface area is 109 Å². The van der Waals surface area contributed by atoms with Gasteiger partial charge in [-0.15, -0.1) is 0 Å². The topological polar surface area (TPSA) is 42.3 Å². The molecule has 1 N–H and O–H groups in total. The van der Waals surface area contributed by atoms with Crippen molar-refractivity contribution in [2.24, 2.45) is 0 Å². The highest BCUT2D eigenvalue weighted by Crippen LogP contribution is 2.20. The molecular weight excluding hydrogens is 224 g/mol. The van der Waals surface area contributed by atoms with Gasteiger partial charge in [-0.3, -0.25) is 0 Å². The van der Waals surface area contributed by atoms with Crippen LogP contribution in [-0.4, -0.2) is 51.2 Å². The van der Waals surface area contributed by atoms with Crippen LogP contribution >= 0.6 is 0 Å². The van der Waals surface area contributed by atoms with E-state index in [1.807, 2.05) is 31.3 Å². The first-order valence-corrected chi connectivity index (χ1v) is 6.34. The molecule has 0 saturated carbocycles. The van der Waals surface area contributed by atoms with Gasteiger partial charge in [0.05, 0.1) is 17.7 Å². The smallest absolute Gasteiger partial charge is 0.0991 e. The zero-order valence-corrected chi connectivity index (χ0v) is 11.1. The molecule has 0 amide bonds. The van der Waals surface area contributed by atoms with Crippen LogP contribution in [0.1, 0.15) is 5.56 Å². The number of benzene rings is 1. The Morgan fingerprint density at radius 1 is 1.33 bits per heavy atom. The van der Waals surface area contributed by atoms with E-state index in [1.54, 1.807) is 0 Å². The molecule has 1 fully saturated rings. The third-order valence-electron chi connectivity index (χ3n) is 3.45. The Morgan fingerprint density at radius 3 is 2.67 bits per heavy atom. The third kappa shape index (κ3) is 2.81. The summed E-state index contributed by atoms with van der Waals surface area (Å²) in [6.45, 7) is 4.17. The summed E-state index contributed by atoms with van der Waals surface area (Å²) >= 11 is 0. The number of rotatable bonds is 3. The maximum Gasteiger partial charge on any atom is 0.0991 e. The highest BCUT2D eigenvalue weighted by Gasteiger charge is 2.24. The van der Waals surface area contributed by atoms with Crippen molar-refractivity contribution in [3.05, 3.63) is 29.8 Å². The minimum atomic E-state index is 0.488. The van der Waals surface area contributed by atoms with E-state index in [-0.39, 0.29) is 0 Å². The Kier molecular flexibility index (Phi) is 4.19. The van der Waals surface area contributed by atoms with Crippen LogP contribution in [-0.2, 0) is 0 Å². The predicted octanol–water partition coefficient (Wildman–Crippen LogP) is 0.898. The van der Waals surface area contributed by atoms with Crippen molar-refractivity contribution in [3.63, 3.8) is 0 Å². The zero-order valence-electron chi connectivity index (χ0n) is 11.1. The number of hydrogen-bond donors (Lipinski definition) is 1. The summed E-state index contributed by atoms with van der Waals surface area (Å²) in [4.78, 5) is 4.79. The van der Waals surface area contributed by atoms with Gasteiger partial charge in [-0.1, -0.05) is 0 Å².